The summed E-state index contributed by atoms with van der Waals surface area (Å²) in [6.45, 7) is 1.82. The number of ether oxygens (including phenoxy) is 1. The van der Waals surface area contributed by atoms with E-state index in [1.165, 1.54) is 7.11 Å². The molecule has 1 rings (SSSR count). The molecule has 1 aromatic carbocycles. The van der Waals surface area contributed by atoms with Crippen LogP contribution in [0.5, 0.6) is 0 Å². The maximum Gasteiger partial charge on any atom is 0.337 e. The summed E-state index contributed by atoms with van der Waals surface area (Å²) < 4.78 is 4.58. The molecule has 0 aliphatic carbocycles. The summed E-state index contributed by atoms with van der Waals surface area (Å²) in [4.78, 5) is 22.4. The Balaban J connectivity index is 2.99. The molecule has 1 aromatic rings. The summed E-state index contributed by atoms with van der Waals surface area (Å²) >= 11 is 5.38. The van der Waals surface area contributed by atoms with Gasteiger partial charge in [-0.3, -0.25) is 4.79 Å². The van der Waals surface area contributed by atoms with E-state index >= 15 is 0 Å². The maximum absolute atomic E-state index is 11.3. The van der Waals surface area contributed by atoms with Gasteiger partial charge in [0.2, 0.25) is 5.91 Å². The molecule has 1 N–H and O–H groups in total. The molecular formula is C11H12ClNO3. The van der Waals surface area contributed by atoms with Crippen LogP contribution in [-0.4, -0.2) is 24.9 Å². The Morgan fingerprint density at radius 3 is 2.69 bits per heavy atom. The highest BCUT2D eigenvalue weighted by Crippen LogP contribution is 2.17. The standard InChI is InChI=1S/C11H12ClNO3/c1-7-3-4-8(11(15)16-2)5-9(7)13-10(14)6-12/h3-5H,6H2,1-2H3,(H,13,14). The van der Waals surface area contributed by atoms with Crippen molar-refractivity contribution in [3.8, 4) is 0 Å². The van der Waals surface area contributed by atoms with E-state index in [-0.39, 0.29) is 11.8 Å². The van der Waals surface area contributed by atoms with Crippen LogP contribution < -0.4 is 5.32 Å². The van der Waals surface area contributed by atoms with Crippen molar-refractivity contribution in [3.63, 3.8) is 0 Å². The van der Waals surface area contributed by atoms with Crippen molar-refractivity contribution in [2.45, 2.75) is 6.92 Å². The van der Waals surface area contributed by atoms with Gasteiger partial charge in [-0.25, -0.2) is 4.79 Å². The lowest BCUT2D eigenvalue weighted by atomic mass is 10.1. The number of aryl methyl sites for hydroxylation is 1. The number of carbonyl (C=O) groups is 2. The zero-order chi connectivity index (χ0) is 12.1. The summed E-state index contributed by atoms with van der Waals surface area (Å²) in [5.74, 6) is -0.879. The molecule has 0 saturated heterocycles. The molecule has 0 atom stereocenters. The first-order chi connectivity index (χ1) is 7.58. The van der Waals surface area contributed by atoms with Crippen LogP contribution in [0.25, 0.3) is 0 Å². The minimum absolute atomic E-state index is 0.123. The van der Waals surface area contributed by atoms with E-state index in [1.54, 1.807) is 18.2 Å². The average molecular weight is 242 g/mol. The lowest BCUT2D eigenvalue weighted by Crippen LogP contribution is -2.14. The molecule has 0 aliphatic rings. The van der Waals surface area contributed by atoms with Crippen LogP contribution in [0.15, 0.2) is 18.2 Å². The maximum atomic E-state index is 11.3. The van der Waals surface area contributed by atoms with Crippen LogP contribution in [0.3, 0.4) is 0 Å². The van der Waals surface area contributed by atoms with Gasteiger partial charge in [-0.2, -0.15) is 0 Å². The number of nitrogens with one attached hydrogen (secondary N) is 1. The van der Waals surface area contributed by atoms with Gasteiger partial charge in [0.1, 0.15) is 5.88 Å². The minimum Gasteiger partial charge on any atom is -0.465 e. The first kappa shape index (κ1) is 12.5. The second kappa shape index (κ2) is 5.51. The lowest BCUT2D eigenvalue weighted by molar-refractivity contribution is -0.113. The highest BCUT2D eigenvalue weighted by Gasteiger charge is 2.09. The highest BCUT2D eigenvalue weighted by molar-refractivity contribution is 6.29. The number of methoxy groups -OCH3 is 1. The fraction of sp³-hybridized carbons (Fsp3) is 0.273. The molecule has 0 radical (unpaired) electrons. The van der Waals surface area contributed by atoms with Crippen molar-refractivity contribution in [2.24, 2.45) is 0 Å². The molecule has 0 heterocycles. The molecular weight excluding hydrogens is 230 g/mol. The van der Waals surface area contributed by atoms with Gasteiger partial charge in [-0.1, -0.05) is 6.07 Å². The van der Waals surface area contributed by atoms with E-state index in [1.807, 2.05) is 6.92 Å². The molecule has 0 aromatic heterocycles. The van der Waals surface area contributed by atoms with Crippen molar-refractivity contribution in [3.05, 3.63) is 29.3 Å². The molecule has 5 heteroatoms. The Morgan fingerprint density at radius 2 is 2.12 bits per heavy atom. The molecule has 1 amide bonds. The Hall–Kier alpha value is -1.55. The third-order valence-corrected chi connectivity index (χ3v) is 2.30. The first-order valence-electron chi connectivity index (χ1n) is 4.63. The Morgan fingerprint density at radius 1 is 1.44 bits per heavy atom. The van der Waals surface area contributed by atoms with Gasteiger partial charge in [0.05, 0.1) is 12.7 Å². The smallest absolute Gasteiger partial charge is 0.337 e. The Labute approximate surface area is 98.5 Å². The number of carbonyl (C=O) groups excluding carboxylic acids is 2. The minimum atomic E-state index is -0.443. The van der Waals surface area contributed by atoms with E-state index < -0.39 is 5.97 Å². The number of alkyl halides is 1. The fourth-order valence-corrected chi connectivity index (χ4v) is 1.25. The normalized spacial score (nSPS) is 9.69. The second-order valence-electron chi connectivity index (χ2n) is 3.20. The topological polar surface area (TPSA) is 55.4 Å². The highest BCUT2D eigenvalue weighted by atomic mass is 35.5. The summed E-state index contributed by atoms with van der Waals surface area (Å²) in [6.07, 6.45) is 0. The molecule has 16 heavy (non-hydrogen) atoms. The largest absolute Gasteiger partial charge is 0.465 e. The summed E-state index contributed by atoms with van der Waals surface area (Å²) in [5, 5.41) is 2.60. The number of rotatable bonds is 3. The third-order valence-electron chi connectivity index (χ3n) is 2.05. The van der Waals surface area contributed by atoms with Crippen molar-refractivity contribution in [2.75, 3.05) is 18.3 Å². The number of hydrogen-bond acceptors (Lipinski definition) is 3. The zero-order valence-corrected chi connectivity index (χ0v) is 9.80. The predicted octanol–water partition coefficient (Wildman–Crippen LogP) is 1.96. The molecule has 4 nitrogen and oxygen atoms in total. The van der Waals surface area contributed by atoms with Crippen molar-refractivity contribution in [1.82, 2.24) is 0 Å². The predicted molar refractivity (Wildman–Crippen MR) is 61.9 cm³/mol. The van der Waals surface area contributed by atoms with Crippen LogP contribution in [0.2, 0.25) is 0 Å². The summed E-state index contributed by atoms with van der Waals surface area (Å²) in [7, 11) is 1.30. The molecule has 0 unspecified atom stereocenters. The van der Waals surface area contributed by atoms with Gasteiger partial charge in [-0.15, -0.1) is 11.6 Å². The van der Waals surface area contributed by atoms with E-state index in [4.69, 9.17) is 11.6 Å². The van der Waals surface area contributed by atoms with E-state index in [0.717, 1.165) is 5.56 Å². The van der Waals surface area contributed by atoms with Gasteiger partial charge in [0.25, 0.3) is 0 Å². The average Bonchev–Trinajstić information content (AvgIpc) is 2.30. The van der Waals surface area contributed by atoms with Crippen LogP contribution in [0.1, 0.15) is 15.9 Å². The van der Waals surface area contributed by atoms with Gasteiger partial charge in [-0.05, 0) is 24.6 Å². The molecule has 86 valence electrons. The first-order valence-corrected chi connectivity index (χ1v) is 5.16. The van der Waals surface area contributed by atoms with Crippen LogP contribution >= 0.6 is 11.6 Å². The third kappa shape index (κ3) is 2.97. The monoisotopic (exact) mass is 241 g/mol. The van der Waals surface area contributed by atoms with Gasteiger partial charge < -0.3 is 10.1 Å². The SMILES string of the molecule is COC(=O)c1ccc(C)c(NC(=O)CCl)c1. The fourth-order valence-electron chi connectivity index (χ4n) is 1.19. The van der Waals surface area contributed by atoms with E-state index in [0.29, 0.717) is 11.3 Å². The van der Waals surface area contributed by atoms with E-state index in [2.05, 4.69) is 10.1 Å². The van der Waals surface area contributed by atoms with Crippen LogP contribution in [-0.2, 0) is 9.53 Å². The molecule has 0 fully saturated rings. The number of esters is 1. The molecule has 0 aliphatic heterocycles. The number of halogens is 1. The van der Waals surface area contributed by atoms with Crippen LogP contribution in [0, 0.1) is 6.92 Å². The van der Waals surface area contributed by atoms with Gasteiger partial charge in [0, 0.05) is 5.69 Å². The van der Waals surface area contributed by atoms with Crippen LogP contribution in [0.4, 0.5) is 5.69 Å². The van der Waals surface area contributed by atoms with E-state index in [9.17, 15) is 9.59 Å². The van der Waals surface area contributed by atoms with Crippen molar-refractivity contribution >= 4 is 29.2 Å². The Bertz CT molecular complexity index is 418. The Kier molecular flexibility index (Phi) is 4.31. The number of hydrogen-bond donors (Lipinski definition) is 1. The number of amides is 1. The van der Waals surface area contributed by atoms with Crippen molar-refractivity contribution in [1.29, 1.82) is 0 Å². The van der Waals surface area contributed by atoms with Gasteiger partial charge in [0.15, 0.2) is 0 Å². The number of benzene rings is 1. The molecule has 0 saturated carbocycles. The van der Waals surface area contributed by atoms with Gasteiger partial charge >= 0.3 is 5.97 Å². The lowest BCUT2D eigenvalue weighted by Gasteiger charge is -2.08. The summed E-state index contributed by atoms with van der Waals surface area (Å²) in [5.41, 5.74) is 1.80. The summed E-state index contributed by atoms with van der Waals surface area (Å²) in [6, 6.07) is 4.93. The zero-order valence-electron chi connectivity index (χ0n) is 9.04. The second-order valence-corrected chi connectivity index (χ2v) is 3.47. The number of anilines is 1. The van der Waals surface area contributed by atoms with Crippen molar-refractivity contribution < 1.29 is 14.3 Å². The quantitative estimate of drug-likeness (QED) is 0.650. The molecule has 0 spiro atoms. The molecule has 0 bridgehead atoms.